The van der Waals surface area contributed by atoms with E-state index in [9.17, 15) is 4.79 Å². The zero-order valence-corrected chi connectivity index (χ0v) is 19.4. The molecule has 31 heavy (non-hydrogen) atoms. The van der Waals surface area contributed by atoms with Gasteiger partial charge in [0.2, 0.25) is 5.91 Å². The van der Waals surface area contributed by atoms with E-state index >= 15 is 0 Å². The van der Waals surface area contributed by atoms with Gasteiger partial charge < -0.3 is 10.1 Å². The molecule has 0 spiro atoms. The lowest BCUT2D eigenvalue weighted by Gasteiger charge is -2.34. The molecule has 3 rings (SSSR count). The quantitative estimate of drug-likeness (QED) is 0.642. The van der Waals surface area contributed by atoms with Crippen LogP contribution in [0.3, 0.4) is 0 Å². The topological polar surface area (TPSA) is 44.8 Å². The average Bonchev–Trinajstić information content (AvgIpc) is 2.75. The second-order valence-electron chi connectivity index (χ2n) is 8.95. The van der Waals surface area contributed by atoms with Crippen LogP contribution in [0.2, 0.25) is 0 Å². The highest BCUT2D eigenvalue weighted by atomic mass is 16.5. The normalized spacial score (nSPS) is 15.4. The van der Waals surface area contributed by atoms with Gasteiger partial charge in [0.05, 0.1) is 6.54 Å². The summed E-state index contributed by atoms with van der Waals surface area (Å²) in [5, 5.41) is 3.24. The molecular weight excluding hydrogens is 386 g/mol. The molecule has 1 aliphatic rings. The molecule has 2 aromatic carbocycles. The van der Waals surface area contributed by atoms with Crippen molar-refractivity contribution in [2.75, 3.05) is 51.2 Å². The SMILES string of the molecule is CC(C)c1cccc(C(C)C)c1NC(=O)CN1CCN(CCOc2ccccc2)CC1. The molecule has 1 aliphatic heterocycles. The molecule has 2 aromatic rings. The Morgan fingerprint density at radius 3 is 2.03 bits per heavy atom. The van der Waals surface area contributed by atoms with E-state index in [4.69, 9.17) is 4.74 Å². The van der Waals surface area contributed by atoms with Gasteiger partial charge in [-0.05, 0) is 35.1 Å². The highest BCUT2D eigenvalue weighted by Gasteiger charge is 2.21. The summed E-state index contributed by atoms with van der Waals surface area (Å²) in [5.74, 6) is 1.74. The molecule has 0 aromatic heterocycles. The molecule has 0 unspecified atom stereocenters. The lowest BCUT2D eigenvalue weighted by atomic mass is 9.92. The second kappa shape index (κ2) is 11.3. The Morgan fingerprint density at radius 1 is 0.871 bits per heavy atom. The fourth-order valence-electron chi connectivity index (χ4n) is 4.06. The Bertz CT molecular complexity index is 802. The lowest BCUT2D eigenvalue weighted by Crippen LogP contribution is -2.49. The number of nitrogens with one attached hydrogen (secondary N) is 1. The Balaban J connectivity index is 1.46. The van der Waals surface area contributed by atoms with Crippen LogP contribution in [-0.2, 0) is 4.79 Å². The van der Waals surface area contributed by atoms with Crippen LogP contribution in [0.4, 0.5) is 5.69 Å². The monoisotopic (exact) mass is 423 g/mol. The number of hydrogen-bond acceptors (Lipinski definition) is 4. The number of piperazine rings is 1. The molecule has 1 N–H and O–H groups in total. The molecule has 0 bridgehead atoms. The molecule has 5 heteroatoms. The standard InChI is InChI=1S/C26H37N3O2/c1-20(2)23-11-8-12-24(21(3)4)26(23)27-25(30)19-29-15-13-28(14-16-29)17-18-31-22-9-6-5-7-10-22/h5-12,20-21H,13-19H2,1-4H3,(H,27,30). The molecule has 1 amide bonds. The first-order valence-electron chi connectivity index (χ1n) is 11.5. The second-order valence-corrected chi connectivity index (χ2v) is 8.95. The highest BCUT2D eigenvalue weighted by Crippen LogP contribution is 2.32. The lowest BCUT2D eigenvalue weighted by molar-refractivity contribution is -0.117. The number of hydrogen-bond donors (Lipinski definition) is 1. The van der Waals surface area contributed by atoms with Gasteiger partial charge in [0.1, 0.15) is 12.4 Å². The van der Waals surface area contributed by atoms with E-state index in [0.717, 1.165) is 44.2 Å². The van der Waals surface area contributed by atoms with Crippen molar-refractivity contribution >= 4 is 11.6 Å². The predicted octanol–water partition coefficient (Wildman–Crippen LogP) is 4.57. The number of nitrogens with zero attached hydrogens (tertiary/aromatic N) is 2. The Hall–Kier alpha value is -2.37. The molecule has 168 valence electrons. The van der Waals surface area contributed by atoms with Crippen LogP contribution < -0.4 is 10.1 Å². The van der Waals surface area contributed by atoms with Crippen molar-refractivity contribution in [3.8, 4) is 5.75 Å². The molecule has 1 heterocycles. The van der Waals surface area contributed by atoms with Gasteiger partial charge in [-0.25, -0.2) is 0 Å². The van der Waals surface area contributed by atoms with Crippen molar-refractivity contribution in [3.63, 3.8) is 0 Å². The number of anilines is 1. The smallest absolute Gasteiger partial charge is 0.238 e. The van der Waals surface area contributed by atoms with E-state index in [1.807, 2.05) is 30.3 Å². The maximum atomic E-state index is 12.9. The van der Waals surface area contributed by atoms with E-state index in [2.05, 4.69) is 61.0 Å². The zero-order valence-electron chi connectivity index (χ0n) is 19.4. The summed E-state index contributed by atoms with van der Waals surface area (Å²) in [6.07, 6.45) is 0. The van der Waals surface area contributed by atoms with Crippen LogP contribution in [0, 0.1) is 0 Å². The van der Waals surface area contributed by atoms with Gasteiger partial charge in [-0.15, -0.1) is 0 Å². The first-order chi connectivity index (χ1) is 14.9. The van der Waals surface area contributed by atoms with Gasteiger partial charge in [0.25, 0.3) is 0 Å². The summed E-state index contributed by atoms with van der Waals surface area (Å²) < 4.78 is 5.81. The predicted molar refractivity (Wildman–Crippen MR) is 128 cm³/mol. The third-order valence-corrected chi connectivity index (χ3v) is 5.89. The van der Waals surface area contributed by atoms with Crippen molar-refractivity contribution < 1.29 is 9.53 Å². The van der Waals surface area contributed by atoms with Crippen LogP contribution in [-0.4, -0.2) is 61.6 Å². The van der Waals surface area contributed by atoms with Crippen LogP contribution in [0.25, 0.3) is 0 Å². The van der Waals surface area contributed by atoms with Gasteiger partial charge in [-0.3, -0.25) is 14.6 Å². The molecule has 5 nitrogen and oxygen atoms in total. The van der Waals surface area contributed by atoms with Crippen molar-refractivity contribution in [3.05, 3.63) is 59.7 Å². The number of rotatable bonds is 9. The fourth-order valence-corrected chi connectivity index (χ4v) is 4.06. The minimum absolute atomic E-state index is 0.0795. The summed E-state index contributed by atoms with van der Waals surface area (Å²) in [6, 6.07) is 16.3. The highest BCUT2D eigenvalue weighted by molar-refractivity contribution is 5.94. The largest absolute Gasteiger partial charge is 0.492 e. The molecule has 0 aliphatic carbocycles. The van der Waals surface area contributed by atoms with Crippen molar-refractivity contribution in [1.82, 2.24) is 9.80 Å². The maximum absolute atomic E-state index is 12.9. The summed E-state index contributed by atoms with van der Waals surface area (Å²) in [7, 11) is 0. The molecule has 0 saturated carbocycles. The van der Waals surface area contributed by atoms with Gasteiger partial charge in [-0.2, -0.15) is 0 Å². The van der Waals surface area contributed by atoms with Gasteiger partial charge >= 0.3 is 0 Å². The van der Waals surface area contributed by atoms with E-state index in [0.29, 0.717) is 25.0 Å². The van der Waals surface area contributed by atoms with Crippen LogP contribution in [0.1, 0.15) is 50.7 Å². The first kappa shape index (κ1) is 23.3. The third kappa shape index (κ3) is 6.81. The van der Waals surface area contributed by atoms with Crippen molar-refractivity contribution in [2.24, 2.45) is 0 Å². The minimum atomic E-state index is 0.0795. The van der Waals surface area contributed by atoms with Crippen LogP contribution in [0.15, 0.2) is 48.5 Å². The van der Waals surface area contributed by atoms with Crippen LogP contribution in [0.5, 0.6) is 5.75 Å². The first-order valence-corrected chi connectivity index (χ1v) is 11.5. The van der Waals surface area contributed by atoms with Gasteiger partial charge in [0.15, 0.2) is 0 Å². The van der Waals surface area contributed by atoms with Crippen molar-refractivity contribution in [1.29, 1.82) is 0 Å². The molecule has 0 radical (unpaired) electrons. The third-order valence-electron chi connectivity index (χ3n) is 5.89. The van der Waals surface area contributed by atoms with E-state index in [1.54, 1.807) is 0 Å². The Kier molecular flexibility index (Phi) is 8.50. The van der Waals surface area contributed by atoms with Crippen molar-refractivity contribution in [2.45, 2.75) is 39.5 Å². The number of benzene rings is 2. The number of para-hydroxylation sites is 2. The van der Waals surface area contributed by atoms with E-state index in [1.165, 1.54) is 11.1 Å². The molecular formula is C26H37N3O2. The van der Waals surface area contributed by atoms with Gasteiger partial charge in [-0.1, -0.05) is 64.1 Å². The summed E-state index contributed by atoms with van der Waals surface area (Å²) >= 11 is 0. The number of amides is 1. The Morgan fingerprint density at radius 2 is 1.45 bits per heavy atom. The van der Waals surface area contributed by atoms with E-state index in [-0.39, 0.29) is 5.91 Å². The summed E-state index contributed by atoms with van der Waals surface area (Å²) in [6.45, 7) is 14.5. The maximum Gasteiger partial charge on any atom is 0.238 e. The molecule has 1 fully saturated rings. The minimum Gasteiger partial charge on any atom is -0.492 e. The summed E-state index contributed by atoms with van der Waals surface area (Å²) in [5.41, 5.74) is 3.43. The molecule has 0 atom stereocenters. The number of carbonyl (C=O) groups is 1. The van der Waals surface area contributed by atoms with Crippen LogP contribution >= 0.6 is 0 Å². The van der Waals surface area contributed by atoms with Gasteiger partial charge in [0, 0.05) is 38.4 Å². The van der Waals surface area contributed by atoms with E-state index < -0.39 is 0 Å². The number of carbonyl (C=O) groups excluding carboxylic acids is 1. The molecule has 1 saturated heterocycles. The summed E-state index contributed by atoms with van der Waals surface area (Å²) in [4.78, 5) is 17.5. The Labute approximate surface area is 187 Å². The zero-order chi connectivity index (χ0) is 22.2. The fraction of sp³-hybridized carbons (Fsp3) is 0.500. The number of ether oxygens (including phenoxy) is 1. The average molecular weight is 424 g/mol.